The summed E-state index contributed by atoms with van der Waals surface area (Å²) in [6, 6.07) is 9.09. The van der Waals surface area contributed by atoms with E-state index in [9.17, 15) is 9.59 Å². The first kappa shape index (κ1) is 28.5. The Bertz CT molecular complexity index is 907. The molecule has 9 nitrogen and oxygen atoms in total. The number of benzene rings is 1. The maximum absolute atomic E-state index is 12.4. The Hall–Kier alpha value is -2.75. The highest BCUT2D eigenvalue weighted by atomic mass is 16.2. The van der Waals surface area contributed by atoms with Crippen LogP contribution in [-0.2, 0) is 11.3 Å². The van der Waals surface area contributed by atoms with Crippen molar-refractivity contribution in [2.45, 2.75) is 47.1 Å². The molecule has 0 fully saturated rings. The van der Waals surface area contributed by atoms with Crippen LogP contribution in [0.15, 0.2) is 30.3 Å². The SMILES string of the molecule is CCN(CC)CCNC(=O)c1ccc(NC(=O)CCCN(CCN)CCn2nc(C)cc2C)cc1. The topological polar surface area (TPSA) is 109 Å². The van der Waals surface area contributed by atoms with Gasteiger partial charge in [-0.15, -0.1) is 0 Å². The lowest BCUT2D eigenvalue weighted by Crippen LogP contribution is -2.34. The first-order chi connectivity index (χ1) is 16.9. The summed E-state index contributed by atoms with van der Waals surface area (Å²) >= 11 is 0. The van der Waals surface area contributed by atoms with Gasteiger partial charge in [-0.05, 0) is 70.2 Å². The Morgan fingerprint density at radius 1 is 1.00 bits per heavy atom. The number of nitrogens with zero attached hydrogens (tertiary/aromatic N) is 4. The van der Waals surface area contributed by atoms with Gasteiger partial charge in [0.1, 0.15) is 0 Å². The standard InChI is InChI=1S/C26H43N7O2/c1-5-31(6-2)17-14-28-26(35)23-9-11-24(12-10-23)29-25(34)8-7-15-32(16-13-27)18-19-33-22(4)20-21(3)30-33/h9-12,20H,5-8,13-19,27H2,1-4H3,(H,28,35)(H,29,34). The summed E-state index contributed by atoms with van der Waals surface area (Å²) in [6.45, 7) is 15.5. The van der Waals surface area contributed by atoms with E-state index in [0.717, 1.165) is 63.6 Å². The molecule has 0 spiro atoms. The van der Waals surface area contributed by atoms with E-state index >= 15 is 0 Å². The van der Waals surface area contributed by atoms with Crippen LogP contribution >= 0.6 is 0 Å². The molecule has 9 heteroatoms. The Labute approximate surface area is 210 Å². The van der Waals surface area contributed by atoms with Gasteiger partial charge in [-0.1, -0.05) is 13.8 Å². The summed E-state index contributed by atoms with van der Waals surface area (Å²) in [5.41, 5.74) is 9.23. The number of aromatic nitrogens is 2. The fraction of sp³-hybridized carbons (Fsp3) is 0.577. The van der Waals surface area contributed by atoms with Gasteiger partial charge in [-0.3, -0.25) is 14.3 Å². The van der Waals surface area contributed by atoms with Crippen LogP contribution in [0.4, 0.5) is 5.69 Å². The highest BCUT2D eigenvalue weighted by Crippen LogP contribution is 2.11. The molecule has 35 heavy (non-hydrogen) atoms. The molecular weight excluding hydrogens is 442 g/mol. The summed E-state index contributed by atoms with van der Waals surface area (Å²) in [5, 5.41) is 10.4. The number of likely N-dealkylation sites (N-methyl/N-ethyl adjacent to an activating group) is 1. The summed E-state index contributed by atoms with van der Waals surface area (Å²) in [7, 11) is 0. The largest absolute Gasteiger partial charge is 0.351 e. The molecule has 4 N–H and O–H groups in total. The first-order valence-corrected chi connectivity index (χ1v) is 12.7. The zero-order valence-corrected chi connectivity index (χ0v) is 21.8. The van der Waals surface area contributed by atoms with Crippen LogP contribution in [0.2, 0.25) is 0 Å². The molecule has 2 aromatic rings. The quantitative estimate of drug-likeness (QED) is 0.337. The normalized spacial score (nSPS) is 11.3. The second-order valence-electron chi connectivity index (χ2n) is 8.79. The average Bonchev–Trinajstić information content (AvgIpc) is 3.17. The van der Waals surface area contributed by atoms with E-state index in [-0.39, 0.29) is 11.8 Å². The number of nitrogens with one attached hydrogen (secondary N) is 2. The van der Waals surface area contributed by atoms with Crippen molar-refractivity contribution in [1.82, 2.24) is 24.9 Å². The number of carbonyl (C=O) groups is 2. The van der Waals surface area contributed by atoms with Crippen molar-refractivity contribution in [3.8, 4) is 0 Å². The van der Waals surface area contributed by atoms with Gasteiger partial charge >= 0.3 is 0 Å². The molecule has 0 unspecified atom stereocenters. The van der Waals surface area contributed by atoms with E-state index in [4.69, 9.17) is 5.73 Å². The number of aryl methyl sites for hydroxylation is 2. The molecule has 0 saturated heterocycles. The van der Waals surface area contributed by atoms with Crippen LogP contribution in [0.5, 0.6) is 0 Å². The van der Waals surface area contributed by atoms with Gasteiger partial charge in [-0.2, -0.15) is 5.10 Å². The number of hydrogen-bond donors (Lipinski definition) is 3. The molecule has 0 radical (unpaired) electrons. The molecule has 1 heterocycles. The molecule has 0 aliphatic heterocycles. The Kier molecular flexibility index (Phi) is 12.4. The average molecular weight is 486 g/mol. The molecule has 2 amide bonds. The highest BCUT2D eigenvalue weighted by Gasteiger charge is 2.10. The van der Waals surface area contributed by atoms with E-state index in [1.807, 2.05) is 11.6 Å². The third-order valence-electron chi connectivity index (χ3n) is 6.09. The smallest absolute Gasteiger partial charge is 0.251 e. The summed E-state index contributed by atoms with van der Waals surface area (Å²) in [4.78, 5) is 29.3. The molecule has 0 bridgehead atoms. The van der Waals surface area contributed by atoms with E-state index in [2.05, 4.69) is 52.4 Å². The number of anilines is 1. The van der Waals surface area contributed by atoms with Crippen LogP contribution in [0, 0.1) is 13.8 Å². The molecule has 1 aromatic carbocycles. The van der Waals surface area contributed by atoms with Crippen molar-refractivity contribution in [2.75, 3.05) is 57.7 Å². The van der Waals surface area contributed by atoms with Crippen molar-refractivity contribution in [3.05, 3.63) is 47.3 Å². The van der Waals surface area contributed by atoms with E-state index in [0.29, 0.717) is 30.8 Å². The van der Waals surface area contributed by atoms with Crippen LogP contribution in [0.1, 0.15) is 48.4 Å². The van der Waals surface area contributed by atoms with Crippen molar-refractivity contribution in [2.24, 2.45) is 5.73 Å². The van der Waals surface area contributed by atoms with Gasteiger partial charge in [0.25, 0.3) is 5.91 Å². The van der Waals surface area contributed by atoms with Crippen LogP contribution in [-0.4, -0.2) is 83.8 Å². The van der Waals surface area contributed by atoms with Crippen LogP contribution in [0.3, 0.4) is 0 Å². The molecule has 1 aromatic heterocycles. The van der Waals surface area contributed by atoms with Crippen LogP contribution < -0.4 is 16.4 Å². The molecule has 0 atom stereocenters. The lowest BCUT2D eigenvalue weighted by atomic mass is 10.2. The predicted molar refractivity (Wildman–Crippen MR) is 142 cm³/mol. The lowest BCUT2D eigenvalue weighted by Gasteiger charge is -2.21. The van der Waals surface area contributed by atoms with E-state index in [1.165, 1.54) is 0 Å². The first-order valence-electron chi connectivity index (χ1n) is 12.7. The maximum atomic E-state index is 12.4. The second kappa shape index (κ2) is 15.3. The van der Waals surface area contributed by atoms with Crippen molar-refractivity contribution in [3.63, 3.8) is 0 Å². The van der Waals surface area contributed by atoms with Crippen molar-refractivity contribution < 1.29 is 9.59 Å². The van der Waals surface area contributed by atoms with Gasteiger partial charge in [0.2, 0.25) is 5.91 Å². The third kappa shape index (κ3) is 10.2. The summed E-state index contributed by atoms with van der Waals surface area (Å²) < 4.78 is 2.01. The molecule has 0 aliphatic rings. The fourth-order valence-corrected chi connectivity index (χ4v) is 4.02. The van der Waals surface area contributed by atoms with Crippen molar-refractivity contribution in [1.29, 1.82) is 0 Å². The number of carbonyl (C=O) groups excluding carboxylic acids is 2. The van der Waals surface area contributed by atoms with E-state index in [1.54, 1.807) is 24.3 Å². The molecule has 0 aliphatic carbocycles. The minimum absolute atomic E-state index is 0.0346. The summed E-state index contributed by atoms with van der Waals surface area (Å²) in [5.74, 6) is -0.136. The van der Waals surface area contributed by atoms with Crippen molar-refractivity contribution >= 4 is 17.5 Å². The van der Waals surface area contributed by atoms with Crippen LogP contribution in [0.25, 0.3) is 0 Å². The van der Waals surface area contributed by atoms with E-state index < -0.39 is 0 Å². The lowest BCUT2D eigenvalue weighted by molar-refractivity contribution is -0.116. The minimum Gasteiger partial charge on any atom is -0.351 e. The highest BCUT2D eigenvalue weighted by molar-refractivity contribution is 5.95. The monoisotopic (exact) mass is 485 g/mol. The van der Waals surface area contributed by atoms with Gasteiger partial charge in [0, 0.05) is 56.1 Å². The Morgan fingerprint density at radius 3 is 2.31 bits per heavy atom. The zero-order chi connectivity index (χ0) is 25.6. The minimum atomic E-state index is -0.101. The van der Waals surface area contributed by atoms with Gasteiger partial charge < -0.3 is 26.2 Å². The molecule has 0 saturated carbocycles. The Morgan fingerprint density at radius 2 is 1.71 bits per heavy atom. The number of amides is 2. The summed E-state index contributed by atoms with van der Waals surface area (Å²) in [6.07, 6.45) is 1.17. The number of nitrogens with two attached hydrogens (primary N) is 1. The predicted octanol–water partition coefficient (Wildman–Crippen LogP) is 2.25. The Balaban J connectivity index is 1.72. The zero-order valence-electron chi connectivity index (χ0n) is 21.8. The van der Waals surface area contributed by atoms with Gasteiger partial charge in [-0.25, -0.2) is 0 Å². The third-order valence-corrected chi connectivity index (χ3v) is 6.09. The molecule has 2 rings (SSSR count). The van der Waals surface area contributed by atoms with Gasteiger partial charge in [0.05, 0.1) is 12.2 Å². The van der Waals surface area contributed by atoms with Gasteiger partial charge in [0.15, 0.2) is 0 Å². The molecule has 194 valence electrons. The second-order valence-corrected chi connectivity index (χ2v) is 8.79. The number of rotatable bonds is 16. The molecular formula is C26H43N7O2. The fourth-order valence-electron chi connectivity index (χ4n) is 4.02. The number of hydrogen-bond acceptors (Lipinski definition) is 6. The maximum Gasteiger partial charge on any atom is 0.251 e.